The fourth-order valence-corrected chi connectivity index (χ4v) is 6.59. The second kappa shape index (κ2) is 28.5. The number of ketones is 1. The molecule has 5 nitrogen and oxygen atoms in total. The highest BCUT2D eigenvalue weighted by atomic mass is 16.5. The van der Waals surface area contributed by atoms with Crippen molar-refractivity contribution in [2.45, 2.75) is 200 Å². The summed E-state index contributed by atoms with van der Waals surface area (Å²) < 4.78 is 12.1. The summed E-state index contributed by atoms with van der Waals surface area (Å²) in [6, 6.07) is 0.555. The molecule has 254 valence electrons. The van der Waals surface area contributed by atoms with Crippen molar-refractivity contribution in [1.82, 2.24) is 4.90 Å². The van der Waals surface area contributed by atoms with Gasteiger partial charge in [-0.1, -0.05) is 111 Å². The Morgan fingerprint density at radius 1 is 0.698 bits per heavy atom. The molecule has 0 saturated carbocycles. The fourth-order valence-electron chi connectivity index (χ4n) is 6.59. The van der Waals surface area contributed by atoms with Gasteiger partial charge in [0.1, 0.15) is 11.9 Å². The monoisotopic (exact) mass is 608 g/mol. The first-order valence-corrected chi connectivity index (χ1v) is 19.0. The number of nitrogens with zero attached hydrogens (tertiary/aromatic N) is 1. The Hall–Kier alpha value is -0.940. The number of esters is 1. The van der Waals surface area contributed by atoms with Gasteiger partial charge in [-0.15, -0.1) is 0 Å². The lowest BCUT2D eigenvalue weighted by molar-refractivity contribution is -0.150. The molecule has 1 unspecified atom stereocenters. The lowest BCUT2D eigenvalue weighted by Crippen LogP contribution is -2.34. The van der Waals surface area contributed by atoms with Crippen LogP contribution in [0, 0.1) is 5.92 Å². The molecule has 0 aromatic heterocycles. The fraction of sp³-hybridized carbons (Fsp3) is 0.947. The van der Waals surface area contributed by atoms with Crippen LogP contribution in [0.1, 0.15) is 188 Å². The van der Waals surface area contributed by atoms with E-state index < -0.39 is 0 Å². The van der Waals surface area contributed by atoms with Crippen molar-refractivity contribution in [3.8, 4) is 0 Å². The maximum absolute atomic E-state index is 12.6. The zero-order valence-corrected chi connectivity index (χ0v) is 29.3. The van der Waals surface area contributed by atoms with E-state index in [1.54, 1.807) is 6.92 Å². The van der Waals surface area contributed by atoms with Gasteiger partial charge in [-0.3, -0.25) is 9.69 Å². The standard InChI is InChI=1S/C38H73NO4/c1-5-7-9-11-14-20-26-37(27-21-15-12-10-8-6-2)43-38(41)28-22-16-13-17-24-30-42-33-36-31-34(3)32-39(36)29-23-18-19-25-35(4)40/h34,36-37H,5-33H2,1-4H3/t34?,36-/m0/s1. The van der Waals surface area contributed by atoms with E-state index in [0.29, 0.717) is 18.2 Å². The van der Waals surface area contributed by atoms with E-state index in [0.717, 1.165) is 77.0 Å². The van der Waals surface area contributed by atoms with Crippen molar-refractivity contribution in [2.24, 2.45) is 5.92 Å². The number of carbonyl (C=O) groups is 2. The summed E-state index contributed by atoms with van der Waals surface area (Å²) in [5, 5.41) is 0. The van der Waals surface area contributed by atoms with E-state index in [-0.39, 0.29) is 12.1 Å². The van der Waals surface area contributed by atoms with Crippen LogP contribution >= 0.6 is 0 Å². The Balaban J connectivity index is 2.12. The highest BCUT2D eigenvalue weighted by Crippen LogP contribution is 2.24. The Bertz CT molecular complexity index is 638. The largest absolute Gasteiger partial charge is 0.462 e. The summed E-state index contributed by atoms with van der Waals surface area (Å²) in [6.45, 7) is 12.6. The lowest BCUT2D eigenvalue weighted by Gasteiger charge is -2.24. The van der Waals surface area contributed by atoms with Crippen molar-refractivity contribution in [3.63, 3.8) is 0 Å². The van der Waals surface area contributed by atoms with Crippen molar-refractivity contribution < 1.29 is 19.1 Å². The molecule has 1 fully saturated rings. The number of Topliss-reactive ketones (excluding diaryl/α,β-unsaturated/α-hetero) is 1. The highest BCUT2D eigenvalue weighted by Gasteiger charge is 2.29. The molecule has 2 atom stereocenters. The Morgan fingerprint density at radius 2 is 1.23 bits per heavy atom. The number of rotatable bonds is 31. The van der Waals surface area contributed by atoms with Crippen LogP contribution < -0.4 is 0 Å². The number of carbonyl (C=O) groups excluding carboxylic acids is 2. The number of unbranched alkanes of at least 4 members (excludes halogenated alkanes) is 16. The van der Waals surface area contributed by atoms with Crippen LogP contribution in [0.25, 0.3) is 0 Å². The van der Waals surface area contributed by atoms with Crippen LogP contribution in [0.5, 0.6) is 0 Å². The topological polar surface area (TPSA) is 55.8 Å². The molecule has 5 heteroatoms. The van der Waals surface area contributed by atoms with Crippen LogP contribution in [-0.4, -0.2) is 55.1 Å². The maximum atomic E-state index is 12.6. The molecule has 1 saturated heterocycles. The predicted octanol–water partition coefficient (Wildman–Crippen LogP) is 10.6. The molecule has 0 aromatic rings. The van der Waals surface area contributed by atoms with Crippen molar-refractivity contribution >= 4 is 11.8 Å². The first-order valence-electron chi connectivity index (χ1n) is 19.0. The minimum absolute atomic E-state index is 0.0273. The smallest absolute Gasteiger partial charge is 0.306 e. The number of ether oxygens (including phenoxy) is 2. The summed E-state index contributed by atoms with van der Waals surface area (Å²) in [5.41, 5.74) is 0. The molecular weight excluding hydrogens is 534 g/mol. The van der Waals surface area contributed by atoms with Crippen molar-refractivity contribution in [2.75, 3.05) is 26.3 Å². The molecule has 1 heterocycles. The molecule has 0 N–H and O–H groups in total. The summed E-state index contributed by atoms with van der Waals surface area (Å²) in [7, 11) is 0. The number of hydrogen-bond donors (Lipinski definition) is 0. The molecule has 1 aliphatic rings. The Kier molecular flexibility index (Phi) is 26.6. The van der Waals surface area contributed by atoms with Gasteiger partial charge in [0.2, 0.25) is 0 Å². The van der Waals surface area contributed by atoms with Gasteiger partial charge < -0.3 is 14.3 Å². The van der Waals surface area contributed by atoms with E-state index in [2.05, 4.69) is 25.7 Å². The first kappa shape index (κ1) is 40.1. The highest BCUT2D eigenvalue weighted by molar-refractivity contribution is 5.75. The minimum atomic E-state index is 0.0273. The molecular formula is C38H73NO4. The summed E-state index contributed by atoms with van der Waals surface area (Å²) >= 11 is 0. The number of hydrogen-bond acceptors (Lipinski definition) is 5. The Labute approximate surface area is 268 Å². The number of likely N-dealkylation sites (tertiary alicyclic amines) is 1. The van der Waals surface area contributed by atoms with Crippen molar-refractivity contribution in [3.05, 3.63) is 0 Å². The van der Waals surface area contributed by atoms with Gasteiger partial charge >= 0.3 is 5.97 Å². The van der Waals surface area contributed by atoms with Gasteiger partial charge in [0.15, 0.2) is 0 Å². The molecule has 1 aliphatic heterocycles. The average Bonchev–Trinajstić information content (AvgIpc) is 3.33. The lowest BCUT2D eigenvalue weighted by atomic mass is 10.0. The predicted molar refractivity (Wildman–Crippen MR) is 183 cm³/mol. The van der Waals surface area contributed by atoms with Crippen LogP contribution in [0.15, 0.2) is 0 Å². The Morgan fingerprint density at radius 3 is 1.86 bits per heavy atom. The molecule has 1 rings (SSSR count). The first-order chi connectivity index (χ1) is 21.0. The minimum Gasteiger partial charge on any atom is -0.462 e. The van der Waals surface area contributed by atoms with E-state index in [9.17, 15) is 9.59 Å². The maximum Gasteiger partial charge on any atom is 0.306 e. The molecule has 0 radical (unpaired) electrons. The molecule has 0 aliphatic carbocycles. The average molecular weight is 608 g/mol. The third-order valence-electron chi connectivity index (χ3n) is 9.25. The SMILES string of the molecule is CCCCCCCCC(CCCCCCCC)OC(=O)CCCCCCCOC[C@@H]1CC(C)CN1CCCCCC(C)=O. The molecule has 0 aromatic carbocycles. The van der Waals surface area contributed by atoms with Gasteiger partial charge in [0.05, 0.1) is 6.61 Å². The van der Waals surface area contributed by atoms with Gasteiger partial charge in [-0.05, 0) is 77.2 Å². The van der Waals surface area contributed by atoms with Crippen molar-refractivity contribution in [1.29, 1.82) is 0 Å². The zero-order chi connectivity index (χ0) is 31.4. The quantitative estimate of drug-likeness (QED) is 0.0579. The van der Waals surface area contributed by atoms with Crippen LogP contribution in [0.4, 0.5) is 0 Å². The second-order valence-corrected chi connectivity index (χ2v) is 13.8. The molecule has 0 spiro atoms. The van der Waals surface area contributed by atoms with Gasteiger partial charge in [0, 0.05) is 32.0 Å². The van der Waals surface area contributed by atoms with Gasteiger partial charge in [0.25, 0.3) is 0 Å². The van der Waals surface area contributed by atoms with E-state index >= 15 is 0 Å². The third-order valence-corrected chi connectivity index (χ3v) is 9.25. The molecule has 0 amide bonds. The van der Waals surface area contributed by atoms with E-state index in [1.807, 2.05) is 0 Å². The summed E-state index contributed by atoms with van der Waals surface area (Å²) in [6.07, 6.45) is 29.1. The van der Waals surface area contributed by atoms with Crippen LogP contribution in [0.2, 0.25) is 0 Å². The van der Waals surface area contributed by atoms with Gasteiger partial charge in [-0.25, -0.2) is 0 Å². The zero-order valence-electron chi connectivity index (χ0n) is 29.3. The van der Waals surface area contributed by atoms with Crippen LogP contribution in [0.3, 0.4) is 0 Å². The summed E-state index contributed by atoms with van der Waals surface area (Å²) in [5.74, 6) is 1.09. The second-order valence-electron chi connectivity index (χ2n) is 13.8. The normalized spacial score (nSPS) is 17.2. The van der Waals surface area contributed by atoms with Crippen LogP contribution in [-0.2, 0) is 19.1 Å². The van der Waals surface area contributed by atoms with E-state index in [1.165, 1.54) is 109 Å². The third kappa shape index (κ3) is 24.0. The molecule has 43 heavy (non-hydrogen) atoms. The summed E-state index contributed by atoms with van der Waals surface area (Å²) in [4.78, 5) is 26.4. The van der Waals surface area contributed by atoms with Gasteiger partial charge in [-0.2, -0.15) is 0 Å². The molecule has 0 bridgehead atoms. The van der Waals surface area contributed by atoms with E-state index in [4.69, 9.17) is 9.47 Å².